The van der Waals surface area contributed by atoms with Gasteiger partial charge in [0.15, 0.2) is 11.5 Å². The number of anilines is 2. The van der Waals surface area contributed by atoms with E-state index in [0.29, 0.717) is 10.8 Å². The molecule has 0 aliphatic heterocycles. The molecule has 2 aromatic rings. The zero-order valence-corrected chi connectivity index (χ0v) is 8.69. The van der Waals surface area contributed by atoms with Crippen molar-refractivity contribution in [3.8, 4) is 6.07 Å². The van der Waals surface area contributed by atoms with Crippen molar-refractivity contribution >= 4 is 34.1 Å². The van der Waals surface area contributed by atoms with Crippen molar-refractivity contribution in [1.29, 1.82) is 5.26 Å². The van der Waals surface area contributed by atoms with Crippen LogP contribution in [-0.2, 0) is 0 Å². The van der Waals surface area contributed by atoms with Crippen LogP contribution in [0.3, 0.4) is 0 Å². The van der Waals surface area contributed by atoms with E-state index in [9.17, 15) is 0 Å². The summed E-state index contributed by atoms with van der Waals surface area (Å²) in [6.07, 6.45) is 0. The monoisotopic (exact) mass is 234 g/mol. The summed E-state index contributed by atoms with van der Waals surface area (Å²) in [5, 5.41) is 18.0. The van der Waals surface area contributed by atoms with Crippen LogP contribution in [-0.4, -0.2) is 15.0 Å². The van der Waals surface area contributed by atoms with Crippen LogP contribution in [0.15, 0.2) is 15.6 Å². The second kappa shape index (κ2) is 3.95. The predicted octanol–water partition coefficient (Wildman–Crippen LogP) is 1.32. The fraction of sp³-hybridized carbons (Fsp3) is 0. The fourth-order valence-corrected chi connectivity index (χ4v) is 1.45. The standard InChI is InChI=1S/C7H6N8S/c8-1-3-2-16-7(11-3)15-14-6-12-4(9)5(10)13-6/h2H,9-10H2,(H,12,13)/b15-14+. The molecule has 2 rings (SSSR count). The van der Waals surface area contributed by atoms with Crippen molar-refractivity contribution in [2.75, 3.05) is 11.5 Å². The number of thiazole rings is 1. The smallest absolute Gasteiger partial charge is 0.250 e. The molecule has 2 aromatic heterocycles. The summed E-state index contributed by atoms with van der Waals surface area (Å²) < 4.78 is 0. The van der Waals surface area contributed by atoms with Crippen molar-refractivity contribution in [2.24, 2.45) is 10.2 Å². The molecule has 0 saturated carbocycles. The lowest BCUT2D eigenvalue weighted by atomic mass is 10.6. The molecule has 80 valence electrons. The minimum atomic E-state index is 0.172. The molecule has 0 bridgehead atoms. The molecule has 9 heteroatoms. The average Bonchev–Trinajstić information content (AvgIpc) is 2.84. The summed E-state index contributed by atoms with van der Waals surface area (Å²) in [4.78, 5) is 10.3. The Morgan fingerprint density at radius 3 is 2.75 bits per heavy atom. The minimum absolute atomic E-state index is 0.172. The molecule has 0 atom stereocenters. The van der Waals surface area contributed by atoms with Gasteiger partial charge in [-0.1, -0.05) is 0 Å². The Morgan fingerprint density at radius 1 is 1.38 bits per heavy atom. The molecule has 0 unspecified atom stereocenters. The minimum Gasteiger partial charge on any atom is -0.382 e. The zero-order chi connectivity index (χ0) is 11.5. The second-order valence-corrected chi connectivity index (χ2v) is 3.52. The van der Waals surface area contributed by atoms with Gasteiger partial charge in [0.05, 0.1) is 0 Å². The fourth-order valence-electron chi connectivity index (χ4n) is 0.886. The Bertz CT molecular complexity index is 554. The van der Waals surface area contributed by atoms with E-state index in [1.807, 2.05) is 6.07 Å². The maximum Gasteiger partial charge on any atom is 0.250 e. The first-order valence-electron chi connectivity index (χ1n) is 4.07. The molecule has 0 aromatic carbocycles. The Hall–Kier alpha value is -2.47. The van der Waals surface area contributed by atoms with Gasteiger partial charge in [-0.15, -0.1) is 21.6 Å². The third-order valence-electron chi connectivity index (χ3n) is 1.59. The SMILES string of the molecule is N#Cc1csc(/N=N/c2nc(N)c(N)[nH]2)n1. The maximum absolute atomic E-state index is 8.55. The molecule has 2 heterocycles. The van der Waals surface area contributed by atoms with E-state index in [0.717, 1.165) is 0 Å². The van der Waals surface area contributed by atoms with Crippen LogP contribution in [0.25, 0.3) is 0 Å². The normalized spacial score (nSPS) is 10.7. The van der Waals surface area contributed by atoms with E-state index in [1.54, 1.807) is 5.38 Å². The van der Waals surface area contributed by atoms with E-state index in [-0.39, 0.29) is 17.6 Å². The van der Waals surface area contributed by atoms with E-state index in [4.69, 9.17) is 16.7 Å². The van der Waals surface area contributed by atoms with Crippen molar-refractivity contribution < 1.29 is 0 Å². The number of aromatic nitrogens is 3. The van der Waals surface area contributed by atoms with E-state index in [1.165, 1.54) is 11.3 Å². The summed E-state index contributed by atoms with van der Waals surface area (Å²) in [5.74, 6) is 0.611. The van der Waals surface area contributed by atoms with Crippen molar-refractivity contribution in [3.63, 3.8) is 0 Å². The lowest BCUT2D eigenvalue weighted by molar-refractivity contribution is 1.11. The highest BCUT2D eigenvalue weighted by molar-refractivity contribution is 7.13. The van der Waals surface area contributed by atoms with Gasteiger partial charge in [-0.2, -0.15) is 10.2 Å². The number of aromatic amines is 1. The number of nitriles is 1. The highest BCUT2D eigenvalue weighted by Gasteiger charge is 2.03. The first-order valence-corrected chi connectivity index (χ1v) is 4.95. The van der Waals surface area contributed by atoms with Gasteiger partial charge in [-0.25, -0.2) is 4.98 Å². The van der Waals surface area contributed by atoms with Crippen LogP contribution in [0.2, 0.25) is 0 Å². The van der Waals surface area contributed by atoms with Crippen LogP contribution < -0.4 is 11.5 Å². The highest BCUT2D eigenvalue weighted by atomic mass is 32.1. The first kappa shape index (κ1) is 10.1. The number of nitrogen functional groups attached to an aromatic ring is 2. The summed E-state index contributed by atoms with van der Waals surface area (Å²) in [5.41, 5.74) is 11.1. The summed E-state index contributed by atoms with van der Waals surface area (Å²) in [6, 6.07) is 1.89. The van der Waals surface area contributed by atoms with Gasteiger partial charge in [0, 0.05) is 5.38 Å². The van der Waals surface area contributed by atoms with Gasteiger partial charge in [-0.05, 0) is 0 Å². The quantitative estimate of drug-likeness (QED) is 0.671. The first-order chi connectivity index (χ1) is 7.69. The van der Waals surface area contributed by atoms with Crippen LogP contribution in [0, 0.1) is 11.3 Å². The Labute approximate surface area is 93.7 Å². The van der Waals surface area contributed by atoms with Crippen molar-refractivity contribution in [3.05, 3.63) is 11.1 Å². The number of nitrogens with two attached hydrogens (primary N) is 2. The number of hydrogen-bond acceptors (Lipinski definition) is 8. The Morgan fingerprint density at radius 2 is 2.19 bits per heavy atom. The largest absolute Gasteiger partial charge is 0.382 e. The van der Waals surface area contributed by atoms with Gasteiger partial charge in [0.25, 0.3) is 5.95 Å². The number of hydrogen-bond donors (Lipinski definition) is 3. The van der Waals surface area contributed by atoms with E-state index >= 15 is 0 Å². The van der Waals surface area contributed by atoms with Crippen LogP contribution in [0.5, 0.6) is 0 Å². The molecule has 0 fully saturated rings. The topological polar surface area (TPSA) is 142 Å². The maximum atomic E-state index is 8.55. The van der Waals surface area contributed by atoms with Gasteiger partial charge in [0.2, 0.25) is 5.13 Å². The Kier molecular flexibility index (Phi) is 2.49. The van der Waals surface area contributed by atoms with E-state index in [2.05, 4.69) is 25.2 Å². The third-order valence-corrected chi connectivity index (χ3v) is 2.31. The number of H-pyrrole nitrogens is 1. The summed E-state index contributed by atoms with van der Waals surface area (Å²) >= 11 is 1.21. The molecule has 0 aliphatic carbocycles. The van der Waals surface area contributed by atoms with Crippen LogP contribution in [0.1, 0.15) is 5.69 Å². The number of imidazole rings is 1. The molecule has 8 nitrogen and oxygen atoms in total. The van der Waals surface area contributed by atoms with Crippen molar-refractivity contribution in [1.82, 2.24) is 15.0 Å². The molecular formula is C7H6N8S. The zero-order valence-electron chi connectivity index (χ0n) is 7.88. The summed E-state index contributed by atoms with van der Waals surface area (Å²) in [6.45, 7) is 0. The van der Waals surface area contributed by atoms with Gasteiger partial charge >= 0.3 is 0 Å². The molecule has 0 spiro atoms. The van der Waals surface area contributed by atoms with Crippen LogP contribution >= 0.6 is 11.3 Å². The molecule has 5 N–H and O–H groups in total. The lowest BCUT2D eigenvalue weighted by Gasteiger charge is -1.81. The van der Waals surface area contributed by atoms with E-state index < -0.39 is 0 Å². The lowest BCUT2D eigenvalue weighted by Crippen LogP contribution is -1.91. The molecule has 0 radical (unpaired) electrons. The summed E-state index contributed by atoms with van der Waals surface area (Å²) in [7, 11) is 0. The predicted molar refractivity (Wildman–Crippen MR) is 58.4 cm³/mol. The number of nitrogens with zero attached hydrogens (tertiary/aromatic N) is 5. The molecule has 0 aliphatic rings. The number of rotatable bonds is 2. The molecule has 16 heavy (non-hydrogen) atoms. The second-order valence-electron chi connectivity index (χ2n) is 2.69. The van der Waals surface area contributed by atoms with Gasteiger partial charge in [0.1, 0.15) is 11.9 Å². The third kappa shape index (κ3) is 1.96. The number of nitrogens with one attached hydrogen (secondary N) is 1. The van der Waals surface area contributed by atoms with Crippen molar-refractivity contribution in [2.45, 2.75) is 0 Å². The molecule has 0 saturated heterocycles. The highest BCUT2D eigenvalue weighted by Crippen LogP contribution is 2.22. The Balaban J connectivity index is 2.18. The molecule has 0 amide bonds. The molecular weight excluding hydrogens is 228 g/mol. The van der Waals surface area contributed by atoms with Gasteiger partial charge in [-0.3, -0.25) is 0 Å². The number of azo groups is 1. The average molecular weight is 234 g/mol. The van der Waals surface area contributed by atoms with Crippen LogP contribution in [0.4, 0.5) is 22.7 Å². The van der Waals surface area contributed by atoms with Gasteiger partial charge < -0.3 is 16.5 Å².